The zero-order chi connectivity index (χ0) is 17.9. The summed E-state index contributed by atoms with van der Waals surface area (Å²) in [5, 5.41) is 9.49. The number of aromatic amines is 1. The average molecular weight is 356 g/mol. The first-order valence-electron chi connectivity index (χ1n) is 8.65. The molecular formula is C18H20N4O4. The van der Waals surface area contributed by atoms with E-state index in [1.807, 2.05) is 6.07 Å². The Kier molecular flexibility index (Phi) is 4.57. The van der Waals surface area contributed by atoms with Crippen LogP contribution < -0.4 is 15.0 Å². The van der Waals surface area contributed by atoms with Gasteiger partial charge in [-0.2, -0.15) is 5.10 Å². The number of nitrogens with one attached hydrogen (secondary N) is 2. The first-order chi connectivity index (χ1) is 12.7. The number of H-pyrrole nitrogens is 1. The van der Waals surface area contributed by atoms with Gasteiger partial charge in [0.05, 0.1) is 31.6 Å². The summed E-state index contributed by atoms with van der Waals surface area (Å²) in [5.74, 6) is 0.490. The van der Waals surface area contributed by atoms with Crippen molar-refractivity contribution in [2.45, 2.75) is 25.0 Å². The minimum atomic E-state index is -0.278. The fourth-order valence-corrected chi connectivity index (χ4v) is 3.25. The summed E-state index contributed by atoms with van der Waals surface area (Å²) in [4.78, 5) is 26.3. The van der Waals surface area contributed by atoms with Gasteiger partial charge >= 0.3 is 0 Å². The summed E-state index contributed by atoms with van der Waals surface area (Å²) >= 11 is 0. The maximum absolute atomic E-state index is 12.7. The third kappa shape index (κ3) is 3.41. The van der Waals surface area contributed by atoms with Crippen molar-refractivity contribution in [1.29, 1.82) is 0 Å². The summed E-state index contributed by atoms with van der Waals surface area (Å²) in [6.45, 7) is 1.48. The van der Waals surface area contributed by atoms with Crippen LogP contribution in [0.15, 0.2) is 36.7 Å². The monoisotopic (exact) mass is 356 g/mol. The molecule has 26 heavy (non-hydrogen) atoms. The van der Waals surface area contributed by atoms with Crippen LogP contribution in [0.2, 0.25) is 0 Å². The Morgan fingerprint density at radius 2 is 2.31 bits per heavy atom. The molecular weight excluding hydrogens is 336 g/mol. The summed E-state index contributed by atoms with van der Waals surface area (Å²) in [6.07, 6.45) is 4.35. The number of hydrogen-bond acceptors (Lipinski definition) is 5. The molecule has 3 heterocycles. The molecule has 0 saturated carbocycles. The fraction of sp³-hybridized carbons (Fsp3) is 0.389. The van der Waals surface area contributed by atoms with Gasteiger partial charge in [0.15, 0.2) is 5.75 Å². The molecule has 2 amide bonds. The number of hydrogen-bond donors (Lipinski definition) is 2. The van der Waals surface area contributed by atoms with Crippen LogP contribution in [0.4, 0.5) is 5.69 Å². The van der Waals surface area contributed by atoms with E-state index in [1.54, 1.807) is 35.5 Å². The number of anilines is 1. The summed E-state index contributed by atoms with van der Waals surface area (Å²) in [7, 11) is 0. The smallest absolute Gasteiger partial charge is 0.251 e. The van der Waals surface area contributed by atoms with Crippen molar-refractivity contribution in [3.05, 3.63) is 42.2 Å². The van der Waals surface area contributed by atoms with E-state index in [0.29, 0.717) is 37.5 Å². The topological polar surface area (TPSA) is 96.6 Å². The molecule has 2 saturated heterocycles. The van der Waals surface area contributed by atoms with E-state index < -0.39 is 0 Å². The molecule has 8 heteroatoms. The third-order valence-electron chi connectivity index (χ3n) is 4.60. The van der Waals surface area contributed by atoms with Crippen molar-refractivity contribution >= 4 is 17.5 Å². The highest BCUT2D eigenvalue weighted by atomic mass is 16.5. The first-order valence-corrected chi connectivity index (χ1v) is 8.65. The van der Waals surface area contributed by atoms with E-state index in [9.17, 15) is 9.59 Å². The lowest BCUT2D eigenvalue weighted by atomic mass is 10.1. The molecule has 4 rings (SSSR count). The molecule has 2 fully saturated rings. The van der Waals surface area contributed by atoms with Crippen LogP contribution in [0.3, 0.4) is 0 Å². The highest BCUT2D eigenvalue weighted by Gasteiger charge is 2.32. The molecule has 2 N–H and O–H groups in total. The van der Waals surface area contributed by atoms with Crippen LogP contribution in [0.5, 0.6) is 5.75 Å². The van der Waals surface area contributed by atoms with Gasteiger partial charge < -0.3 is 19.7 Å². The lowest BCUT2D eigenvalue weighted by Crippen LogP contribution is -2.45. The number of rotatable bonds is 5. The molecule has 2 atom stereocenters. The number of amides is 2. The number of nitrogens with zero attached hydrogens (tertiary/aromatic N) is 2. The lowest BCUT2D eigenvalue weighted by molar-refractivity contribution is -0.117. The quantitative estimate of drug-likeness (QED) is 0.837. The second-order valence-corrected chi connectivity index (χ2v) is 6.41. The van der Waals surface area contributed by atoms with Gasteiger partial charge in [0.1, 0.15) is 6.10 Å². The number of carbonyl (C=O) groups is 2. The predicted octanol–water partition coefficient (Wildman–Crippen LogP) is 1.11. The fourth-order valence-electron chi connectivity index (χ4n) is 3.25. The van der Waals surface area contributed by atoms with E-state index in [1.165, 1.54) is 0 Å². The molecule has 1 aromatic carbocycles. The van der Waals surface area contributed by atoms with E-state index in [0.717, 1.165) is 12.1 Å². The van der Waals surface area contributed by atoms with Crippen LogP contribution in [0.1, 0.15) is 23.2 Å². The molecule has 8 nitrogen and oxygen atoms in total. The van der Waals surface area contributed by atoms with Crippen molar-refractivity contribution in [2.75, 3.05) is 24.7 Å². The SMILES string of the molecule is O=C(N[C@H]1COC[C@H]1Oc1cn[nH]c1)c1cccc(N2CCCC2=O)c1. The Balaban J connectivity index is 1.43. The predicted molar refractivity (Wildman–Crippen MR) is 93.1 cm³/mol. The molecule has 0 spiro atoms. The van der Waals surface area contributed by atoms with Crippen molar-refractivity contribution in [3.63, 3.8) is 0 Å². The maximum Gasteiger partial charge on any atom is 0.251 e. The molecule has 0 unspecified atom stereocenters. The summed E-state index contributed by atoms with van der Waals surface area (Å²) in [6, 6.07) is 6.88. The minimum absolute atomic E-state index is 0.0975. The third-order valence-corrected chi connectivity index (χ3v) is 4.60. The summed E-state index contributed by atoms with van der Waals surface area (Å²) < 4.78 is 11.2. The van der Waals surface area contributed by atoms with Gasteiger partial charge in [-0.25, -0.2) is 0 Å². The molecule has 0 aliphatic carbocycles. The van der Waals surface area contributed by atoms with E-state index in [2.05, 4.69) is 15.5 Å². The Morgan fingerprint density at radius 1 is 1.38 bits per heavy atom. The van der Waals surface area contributed by atoms with Gasteiger partial charge in [-0.3, -0.25) is 14.7 Å². The Hall–Kier alpha value is -2.87. The Bertz CT molecular complexity index is 792. The largest absolute Gasteiger partial charge is 0.482 e. The number of carbonyl (C=O) groups excluding carboxylic acids is 2. The zero-order valence-electron chi connectivity index (χ0n) is 14.2. The van der Waals surface area contributed by atoms with E-state index in [4.69, 9.17) is 9.47 Å². The van der Waals surface area contributed by atoms with Crippen molar-refractivity contribution in [1.82, 2.24) is 15.5 Å². The Morgan fingerprint density at radius 3 is 3.08 bits per heavy atom. The van der Waals surface area contributed by atoms with E-state index in [-0.39, 0.29) is 24.0 Å². The van der Waals surface area contributed by atoms with Crippen LogP contribution in [0.25, 0.3) is 0 Å². The normalized spacial score (nSPS) is 22.6. The zero-order valence-corrected chi connectivity index (χ0v) is 14.2. The van der Waals surface area contributed by atoms with Crippen molar-refractivity contribution < 1.29 is 19.1 Å². The van der Waals surface area contributed by atoms with Gasteiger partial charge in [0.2, 0.25) is 5.91 Å². The highest BCUT2D eigenvalue weighted by molar-refractivity contribution is 5.99. The second kappa shape index (κ2) is 7.17. The van der Waals surface area contributed by atoms with Gasteiger partial charge in [-0.15, -0.1) is 0 Å². The standard InChI is InChI=1S/C18H20N4O4/c23-17-5-2-6-22(17)13-4-1-3-12(7-13)18(24)21-15-10-25-11-16(15)26-14-8-19-20-9-14/h1,3-4,7-9,15-16H,2,5-6,10-11H2,(H,19,20)(H,21,24)/t15-,16+/m0/s1. The average Bonchev–Trinajstić information content (AvgIpc) is 3.39. The molecule has 0 radical (unpaired) electrons. The van der Waals surface area contributed by atoms with Gasteiger partial charge in [0, 0.05) is 24.2 Å². The molecule has 2 aromatic rings. The first kappa shape index (κ1) is 16.6. The minimum Gasteiger partial charge on any atom is -0.482 e. The molecule has 2 aliphatic rings. The van der Waals surface area contributed by atoms with Crippen LogP contribution in [0, 0.1) is 0 Å². The molecule has 2 aliphatic heterocycles. The van der Waals surface area contributed by atoms with Gasteiger partial charge in [-0.1, -0.05) is 6.07 Å². The second-order valence-electron chi connectivity index (χ2n) is 6.41. The van der Waals surface area contributed by atoms with E-state index >= 15 is 0 Å². The van der Waals surface area contributed by atoms with Gasteiger partial charge in [0.25, 0.3) is 5.91 Å². The van der Waals surface area contributed by atoms with Crippen LogP contribution >= 0.6 is 0 Å². The molecule has 136 valence electrons. The van der Waals surface area contributed by atoms with Crippen molar-refractivity contribution in [3.8, 4) is 5.75 Å². The number of ether oxygens (including phenoxy) is 2. The van der Waals surface area contributed by atoms with Gasteiger partial charge in [-0.05, 0) is 24.6 Å². The molecule has 1 aromatic heterocycles. The lowest BCUT2D eigenvalue weighted by Gasteiger charge is -2.20. The maximum atomic E-state index is 12.7. The highest BCUT2D eigenvalue weighted by Crippen LogP contribution is 2.22. The number of aromatic nitrogens is 2. The van der Waals surface area contributed by atoms with Crippen LogP contribution in [-0.4, -0.2) is 53.9 Å². The summed E-state index contributed by atoms with van der Waals surface area (Å²) in [5.41, 5.74) is 1.27. The Labute approximate surface area is 150 Å². The van der Waals surface area contributed by atoms with Crippen LogP contribution in [-0.2, 0) is 9.53 Å². The van der Waals surface area contributed by atoms with Crippen molar-refractivity contribution in [2.24, 2.45) is 0 Å². The molecule has 0 bridgehead atoms. The number of benzene rings is 1.